The Labute approximate surface area is 422 Å². The van der Waals surface area contributed by atoms with Crippen LogP contribution < -0.4 is 43.3 Å². The fourth-order valence-electron chi connectivity index (χ4n) is 7.70. The maximum Gasteiger partial charge on any atom is 0.271 e. The summed E-state index contributed by atoms with van der Waals surface area (Å²) < 4.78 is 51.1. The van der Waals surface area contributed by atoms with E-state index in [1.54, 1.807) is 24.4 Å². The monoisotopic (exact) mass is 969 g/mol. The Morgan fingerprint density at radius 1 is 0.451 bits per heavy atom. The van der Waals surface area contributed by atoms with Crippen LogP contribution in [0.4, 0.5) is 0 Å². The lowest BCUT2D eigenvalue weighted by Gasteiger charge is -2.19. The zero-order chi connectivity index (χ0) is 50.0. The quantitative estimate of drug-likeness (QED) is 0.0186. The standard InChI is InChI=1S/C60H76N2O9/c1-7-13-27-64-54-33-44(34-55(65-28-14-8-2)58(54)68-31-17-11-5)42-70-49-38-48(60(63)62-61-41-53-51-25-21-19-23-46(51)37-47-24-20-22-26-52(47)53)39-50(40-49)71-43-45-35-56(66-29-15-9-3)59(69-32-18-12-6)57(36-45)67-30-16-10-4/h19-26,33-41H,7-18,27-32,42-43H2,1-6H3,(H,62,63)/b61-41+. The van der Waals surface area contributed by atoms with E-state index in [2.05, 4.69) is 82.4 Å². The van der Waals surface area contributed by atoms with Gasteiger partial charge in [0.05, 0.1) is 45.9 Å². The molecule has 11 heteroatoms. The van der Waals surface area contributed by atoms with Crippen molar-refractivity contribution in [2.24, 2.45) is 5.10 Å². The minimum absolute atomic E-state index is 0.150. The van der Waals surface area contributed by atoms with Gasteiger partial charge in [-0.2, -0.15) is 5.10 Å². The average molecular weight is 969 g/mol. The van der Waals surface area contributed by atoms with E-state index in [1.165, 1.54) is 0 Å². The summed E-state index contributed by atoms with van der Waals surface area (Å²) in [6, 6.07) is 31.5. The molecule has 0 fully saturated rings. The van der Waals surface area contributed by atoms with Gasteiger partial charge in [0, 0.05) is 17.2 Å². The molecule has 6 rings (SSSR count). The lowest BCUT2D eigenvalue weighted by molar-refractivity contribution is 0.0954. The maximum absolute atomic E-state index is 14.2. The Morgan fingerprint density at radius 2 is 0.817 bits per heavy atom. The van der Waals surface area contributed by atoms with Gasteiger partial charge in [-0.1, -0.05) is 129 Å². The van der Waals surface area contributed by atoms with Crippen molar-refractivity contribution in [3.8, 4) is 46.0 Å². The van der Waals surface area contributed by atoms with Crippen molar-refractivity contribution in [1.82, 2.24) is 5.43 Å². The van der Waals surface area contributed by atoms with Crippen LogP contribution in [0.15, 0.2) is 102 Å². The zero-order valence-corrected chi connectivity index (χ0v) is 43.1. The van der Waals surface area contributed by atoms with Crippen molar-refractivity contribution in [2.45, 2.75) is 132 Å². The molecule has 6 aromatic carbocycles. The summed E-state index contributed by atoms with van der Waals surface area (Å²) in [5, 5.41) is 8.75. The molecular formula is C60H76N2O9. The summed E-state index contributed by atoms with van der Waals surface area (Å²) in [6.07, 6.45) is 13.1. The molecule has 0 heterocycles. The lowest BCUT2D eigenvalue weighted by Crippen LogP contribution is -2.18. The molecule has 0 unspecified atom stereocenters. The molecule has 380 valence electrons. The third kappa shape index (κ3) is 16.2. The van der Waals surface area contributed by atoms with Crippen molar-refractivity contribution in [3.63, 3.8) is 0 Å². The first-order valence-corrected chi connectivity index (χ1v) is 26.1. The molecule has 1 amide bonds. The number of amides is 1. The highest BCUT2D eigenvalue weighted by Gasteiger charge is 2.20. The molecule has 0 saturated carbocycles. The van der Waals surface area contributed by atoms with Crippen LogP contribution in [0.3, 0.4) is 0 Å². The summed E-state index contributed by atoms with van der Waals surface area (Å²) in [7, 11) is 0. The minimum atomic E-state index is -0.431. The molecule has 0 saturated heterocycles. The maximum atomic E-state index is 14.2. The van der Waals surface area contributed by atoms with Crippen molar-refractivity contribution in [3.05, 3.63) is 119 Å². The Hall–Kier alpha value is -6.62. The second-order valence-corrected chi connectivity index (χ2v) is 17.8. The molecule has 0 spiro atoms. The van der Waals surface area contributed by atoms with Gasteiger partial charge < -0.3 is 37.9 Å². The Kier molecular flexibility index (Phi) is 22.3. The third-order valence-corrected chi connectivity index (χ3v) is 11.8. The Balaban J connectivity index is 1.33. The van der Waals surface area contributed by atoms with Crippen LogP contribution in [0.2, 0.25) is 0 Å². The number of ether oxygens (including phenoxy) is 8. The fraction of sp³-hybridized carbons (Fsp3) is 0.433. The van der Waals surface area contributed by atoms with Gasteiger partial charge in [0.15, 0.2) is 23.0 Å². The predicted molar refractivity (Wildman–Crippen MR) is 287 cm³/mol. The number of nitrogens with zero attached hydrogens (tertiary/aromatic N) is 1. The third-order valence-electron chi connectivity index (χ3n) is 11.8. The number of carbonyl (C=O) groups excluding carboxylic acids is 1. The highest BCUT2D eigenvalue weighted by atomic mass is 16.6. The minimum Gasteiger partial charge on any atom is -0.490 e. The molecule has 11 nitrogen and oxygen atoms in total. The summed E-state index contributed by atoms with van der Waals surface area (Å²) in [6.45, 7) is 16.4. The first kappa shape index (κ1) is 53.7. The van der Waals surface area contributed by atoms with Gasteiger partial charge >= 0.3 is 0 Å². The molecule has 0 aliphatic rings. The van der Waals surface area contributed by atoms with E-state index in [1.807, 2.05) is 48.5 Å². The molecular weight excluding hydrogens is 893 g/mol. The van der Waals surface area contributed by atoms with Crippen molar-refractivity contribution in [1.29, 1.82) is 0 Å². The molecule has 0 atom stereocenters. The number of hydrogen-bond donors (Lipinski definition) is 1. The van der Waals surface area contributed by atoms with E-state index >= 15 is 0 Å². The number of unbranched alkanes of at least 4 members (excludes halogenated alkanes) is 6. The number of carbonyl (C=O) groups is 1. The van der Waals surface area contributed by atoms with Crippen molar-refractivity contribution >= 4 is 33.7 Å². The largest absolute Gasteiger partial charge is 0.490 e. The van der Waals surface area contributed by atoms with Crippen LogP contribution in [0.5, 0.6) is 46.0 Å². The number of nitrogens with one attached hydrogen (secondary N) is 1. The predicted octanol–water partition coefficient (Wildman–Crippen LogP) is 15.0. The fourth-order valence-corrected chi connectivity index (χ4v) is 7.70. The summed E-state index contributed by atoms with van der Waals surface area (Å²) in [5.74, 6) is 4.12. The number of hydrazone groups is 1. The first-order valence-electron chi connectivity index (χ1n) is 26.1. The lowest BCUT2D eigenvalue weighted by atomic mass is 9.97. The highest BCUT2D eigenvalue weighted by molar-refractivity contribution is 6.13. The average Bonchev–Trinajstić information content (AvgIpc) is 3.38. The highest BCUT2D eigenvalue weighted by Crippen LogP contribution is 2.42. The van der Waals surface area contributed by atoms with Gasteiger partial charge in [-0.05, 0) is 114 Å². The number of hydrogen-bond acceptors (Lipinski definition) is 10. The van der Waals surface area contributed by atoms with Crippen LogP contribution in [-0.2, 0) is 13.2 Å². The van der Waals surface area contributed by atoms with E-state index in [-0.39, 0.29) is 13.2 Å². The summed E-state index contributed by atoms with van der Waals surface area (Å²) in [4.78, 5) is 14.2. The van der Waals surface area contributed by atoms with Crippen LogP contribution in [0.25, 0.3) is 21.5 Å². The topological polar surface area (TPSA) is 115 Å². The number of benzene rings is 6. The molecule has 0 aliphatic heterocycles. The van der Waals surface area contributed by atoms with Crippen LogP contribution in [-0.4, -0.2) is 51.8 Å². The molecule has 71 heavy (non-hydrogen) atoms. The second-order valence-electron chi connectivity index (χ2n) is 17.8. The smallest absolute Gasteiger partial charge is 0.271 e. The Morgan fingerprint density at radius 3 is 1.20 bits per heavy atom. The summed E-state index contributed by atoms with van der Waals surface area (Å²) in [5.41, 5.74) is 5.64. The zero-order valence-electron chi connectivity index (χ0n) is 43.1. The van der Waals surface area contributed by atoms with Gasteiger partial charge in [0.1, 0.15) is 24.7 Å². The molecule has 1 N–H and O–H groups in total. The van der Waals surface area contributed by atoms with Gasteiger partial charge in [-0.25, -0.2) is 5.43 Å². The molecule has 0 aromatic heterocycles. The van der Waals surface area contributed by atoms with Gasteiger partial charge in [-0.15, -0.1) is 0 Å². The van der Waals surface area contributed by atoms with Gasteiger partial charge in [0.2, 0.25) is 11.5 Å². The molecule has 0 aliphatic carbocycles. The Bertz CT molecular complexity index is 2390. The van der Waals surface area contributed by atoms with E-state index in [4.69, 9.17) is 37.9 Å². The van der Waals surface area contributed by atoms with Crippen molar-refractivity contribution < 1.29 is 42.7 Å². The number of rotatable bonds is 33. The molecule has 0 bridgehead atoms. The van der Waals surface area contributed by atoms with E-state index in [9.17, 15) is 4.79 Å². The number of fused-ring (bicyclic) bond motifs is 2. The first-order chi connectivity index (χ1) is 34.9. The molecule has 6 aromatic rings. The van der Waals surface area contributed by atoms with Crippen molar-refractivity contribution in [2.75, 3.05) is 39.6 Å². The SMILES string of the molecule is CCCCOc1cc(COc2cc(OCc3cc(OCCCC)c(OCCCC)c(OCCCC)c3)cc(C(=O)N/N=C/c3c4ccccc4cc4ccccc34)c2)cc(OCCCC)c1OCCCC. The van der Waals surface area contributed by atoms with Crippen LogP contribution in [0.1, 0.15) is 146 Å². The van der Waals surface area contributed by atoms with Crippen LogP contribution in [0, 0.1) is 0 Å². The second kappa shape index (κ2) is 29.5. The van der Waals surface area contributed by atoms with E-state index in [0.29, 0.717) is 91.2 Å². The summed E-state index contributed by atoms with van der Waals surface area (Å²) >= 11 is 0. The molecule has 0 radical (unpaired) electrons. The van der Waals surface area contributed by atoms with Gasteiger partial charge in [-0.3, -0.25) is 4.79 Å². The van der Waals surface area contributed by atoms with E-state index < -0.39 is 5.91 Å². The van der Waals surface area contributed by atoms with E-state index in [0.717, 1.165) is 115 Å². The van der Waals surface area contributed by atoms with Gasteiger partial charge in [0.25, 0.3) is 5.91 Å². The van der Waals surface area contributed by atoms with Crippen LogP contribution >= 0.6 is 0 Å². The normalized spacial score (nSPS) is 11.2.